The molecule has 2 aromatic carbocycles. The number of carbonyl (C=O) groups is 1. The fourth-order valence-corrected chi connectivity index (χ4v) is 2.23. The lowest BCUT2D eigenvalue weighted by atomic mass is 9.97. The Morgan fingerprint density at radius 1 is 0.938 bits per heavy atom. The van der Waals surface area contributed by atoms with Gasteiger partial charge in [-0.05, 0) is 16.7 Å². The van der Waals surface area contributed by atoms with Gasteiger partial charge in [0.2, 0.25) is 0 Å². The largest absolute Gasteiger partial charge is 0.298 e. The summed E-state index contributed by atoms with van der Waals surface area (Å²) < 4.78 is 0. The zero-order valence-corrected chi connectivity index (χ0v) is 10.3. The Bertz CT molecular complexity index is 506. The van der Waals surface area contributed by atoms with Crippen molar-refractivity contribution in [3.63, 3.8) is 0 Å². The first-order valence-electron chi connectivity index (χ1n) is 5.05. The van der Waals surface area contributed by atoms with Crippen molar-refractivity contribution < 1.29 is 4.79 Å². The minimum absolute atomic E-state index is 0.732. The summed E-state index contributed by atoms with van der Waals surface area (Å²) >= 11 is 3.46. The van der Waals surface area contributed by atoms with Crippen LogP contribution in [-0.4, -0.2) is 6.29 Å². The molecule has 0 radical (unpaired) electrons. The second kappa shape index (κ2) is 5.08. The van der Waals surface area contributed by atoms with Crippen molar-refractivity contribution in [1.29, 1.82) is 0 Å². The molecule has 0 spiro atoms. The van der Waals surface area contributed by atoms with E-state index in [1.165, 1.54) is 5.56 Å². The molecule has 0 aliphatic carbocycles. The Balaban J connectivity index is 2.62. The van der Waals surface area contributed by atoms with E-state index in [0.29, 0.717) is 0 Å². The van der Waals surface area contributed by atoms with E-state index in [1.807, 2.05) is 42.5 Å². The van der Waals surface area contributed by atoms with Crippen molar-refractivity contribution in [2.75, 3.05) is 0 Å². The number of alkyl halides is 1. The van der Waals surface area contributed by atoms with Gasteiger partial charge < -0.3 is 0 Å². The average Bonchev–Trinajstić information content (AvgIpc) is 2.38. The molecule has 0 heterocycles. The molecule has 2 heteroatoms. The number of hydrogen-bond donors (Lipinski definition) is 0. The van der Waals surface area contributed by atoms with Crippen molar-refractivity contribution in [2.24, 2.45) is 0 Å². The molecule has 0 aliphatic rings. The normalized spacial score (nSPS) is 10.1. The molecule has 0 aliphatic heterocycles. The van der Waals surface area contributed by atoms with Gasteiger partial charge in [-0.3, -0.25) is 4.79 Å². The summed E-state index contributed by atoms with van der Waals surface area (Å²) in [5.41, 5.74) is 4.03. The predicted octanol–water partition coefficient (Wildman–Crippen LogP) is 4.06. The lowest BCUT2D eigenvalue weighted by Gasteiger charge is -2.09. The molecule has 0 atom stereocenters. The molecule has 0 saturated carbocycles. The predicted molar refractivity (Wildman–Crippen MR) is 69.9 cm³/mol. The zero-order valence-electron chi connectivity index (χ0n) is 8.69. The second-order valence-electron chi connectivity index (χ2n) is 3.50. The minimum Gasteiger partial charge on any atom is -0.298 e. The van der Waals surface area contributed by atoms with Crippen LogP contribution in [0.25, 0.3) is 11.1 Å². The van der Waals surface area contributed by atoms with Gasteiger partial charge in [-0.2, -0.15) is 0 Å². The number of benzene rings is 2. The monoisotopic (exact) mass is 274 g/mol. The number of hydrogen-bond acceptors (Lipinski definition) is 1. The first-order chi connectivity index (χ1) is 7.86. The Morgan fingerprint density at radius 3 is 2.25 bits per heavy atom. The summed E-state index contributed by atoms with van der Waals surface area (Å²) in [5, 5.41) is 0.788. The molecule has 1 nitrogen and oxygen atoms in total. The molecule has 0 saturated heterocycles. The Labute approximate surface area is 103 Å². The van der Waals surface area contributed by atoms with Gasteiger partial charge in [0.25, 0.3) is 0 Å². The van der Waals surface area contributed by atoms with Crippen LogP contribution in [0.15, 0.2) is 48.5 Å². The van der Waals surface area contributed by atoms with E-state index >= 15 is 0 Å². The smallest absolute Gasteiger partial charge is 0.150 e. The Kier molecular flexibility index (Phi) is 3.52. The second-order valence-corrected chi connectivity index (χ2v) is 4.06. The summed E-state index contributed by atoms with van der Waals surface area (Å²) in [7, 11) is 0. The van der Waals surface area contributed by atoms with Crippen LogP contribution in [-0.2, 0) is 5.33 Å². The topological polar surface area (TPSA) is 17.1 Å². The van der Waals surface area contributed by atoms with Crippen molar-refractivity contribution in [1.82, 2.24) is 0 Å². The van der Waals surface area contributed by atoms with Crippen LogP contribution in [0.2, 0.25) is 0 Å². The molecule has 0 unspecified atom stereocenters. The molecular formula is C14H11BrO. The van der Waals surface area contributed by atoms with Crippen molar-refractivity contribution in [3.8, 4) is 11.1 Å². The lowest BCUT2D eigenvalue weighted by Crippen LogP contribution is -1.90. The maximum absolute atomic E-state index is 11.0. The van der Waals surface area contributed by atoms with Crippen LogP contribution in [0, 0.1) is 0 Å². The fourth-order valence-electron chi connectivity index (χ4n) is 1.74. The van der Waals surface area contributed by atoms with E-state index in [-0.39, 0.29) is 0 Å². The van der Waals surface area contributed by atoms with Crippen LogP contribution in [0.5, 0.6) is 0 Å². The van der Waals surface area contributed by atoms with E-state index in [4.69, 9.17) is 0 Å². The highest BCUT2D eigenvalue weighted by molar-refractivity contribution is 9.08. The molecule has 0 bridgehead atoms. The summed E-state index contributed by atoms with van der Waals surface area (Å²) in [6.07, 6.45) is 0.903. The Morgan fingerprint density at radius 2 is 1.56 bits per heavy atom. The molecule has 16 heavy (non-hydrogen) atoms. The van der Waals surface area contributed by atoms with Gasteiger partial charge in [-0.25, -0.2) is 0 Å². The number of halogens is 1. The van der Waals surface area contributed by atoms with E-state index in [9.17, 15) is 4.79 Å². The van der Waals surface area contributed by atoms with E-state index in [0.717, 1.165) is 28.3 Å². The number of carbonyl (C=O) groups excluding carboxylic acids is 1. The summed E-state index contributed by atoms with van der Waals surface area (Å²) in [5.74, 6) is 0. The van der Waals surface area contributed by atoms with Crippen molar-refractivity contribution >= 4 is 22.2 Å². The molecule has 0 N–H and O–H groups in total. The molecule has 0 fully saturated rings. The van der Waals surface area contributed by atoms with E-state index < -0.39 is 0 Å². The highest BCUT2D eigenvalue weighted by Gasteiger charge is 2.06. The van der Waals surface area contributed by atoms with Gasteiger partial charge in [-0.15, -0.1) is 0 Å². The average molecular weight is 275 g/mol. The van der Waals surface area contributed by atoms with Gasteiger partial charge >= 0.3 is 0 Å². The Hall–Kier alpha value is -1.41. The standard InChI is InChI=1S/C14H11BrO/c15-9-11-5-1-3-7-13(11)14-8-4-2-6-12(14)10-16/h1-8,10H,9H2. The van der Waals surface area contributed by atoms with Gasteiger partial charge in [0, 0.05) is 10.9 Å². The molecular weight excluding hydrogens is 264 g/mol. The molecule has 2 rings (SSSR count). The summed E-state index contributed by atoms with van der Waals surface area (Å²) in [6, 6.07) is 15.7. The van der Waals surface area contributed by atoms with Crippen LogP contribution in [0.3, 0.4) is 0 Å². The van der Waals surface area contributed by atoms with Gasteiger partial charge in [0.05, 0.1) is 0 Å². The van der Waals surface area contributed by atoms with Gasteiger partial charge in [0.15, 0.2) is 6.29 Å². The highest BCUT2D eigenvalue weighted by Crippen LogP contribution is 2.27. The van der Waals surface area contributed by atoms with Crippen molar-refractivity contribution in [2.45, 2.75) is 5.33 Å². The molecule has 0 aromatic heterocycles. The number of aldehydes is 1. The summed E-state index contributed by atoms with van der Waals surface area (Å²) in [6.45, 7) is 0. The molecule has 2 aromatic rings. The maximum atomic E-state index is 11.0. The summed E-state index contributed by atoms with van der Waals surface area (Å²) in [4.78, 5) is 11.0. The fraction of sp³-hybridized carbons (Fsp3) is 0.0714. The van der Waals surface area contributed by atoms with E-state index in [1.54, 1.807) is 0 Å². The molecule has 80 valence electrons. The first-order valence-corrected chi connectivity index (χ1v) is 6.17. The minimum atomic E-state index is 0.732. The van der Waals surface area contributed by atoms with Crippen LogP contribution in [0.4, 0.5) is 0 Å². The van der Waals surface area contributed by atoms with Gasteiger partial charge in [0.1, 0.15) is 0 Å². The molecule has 0 amide bonds. The maximum Gasteiger partial charge on any atom is 0.150 e. The third-order valence-electron chi connectivity index (χ3n) is 2.54. The lowest BCUT2D eigenvalue weighted by molar-refractivity contribution is 0.112. The van der Waals surface area contributed by atoms with Crippen molar-refractivity contribution in [3.05, 3.63) is 59.7 Å². The SMILES string of the molecule is O=Cc1ccccc1-c1ccccc1CBr. The van der Waals surface area contributed by atoms with E-state index in [2.05, 4.69) is 22.0 Å². The van der Waals surface area contributed by atoms with Crippen LogP contribution >= 0.6 is 15.9 Å². The zero-order chi connectivity index (χ0) is 11.4. The third kappa shape index (κ3) is 2.07. The highest BCUT2D eigenvalue weighted by atomic mass is 79.9. The number of rotatable bonds is 3. The third-order valence-corrected chi connectivity index (χ3v) is 3.14. The van der Waals surface area contributed by atoms with Crippen LogP contribution < -0.4 is 0 Å². The van der Waals surface area contributed by atoms with Crippen LogP contribution in [0.1, 0.15) is 15.9 Å². The first kappa shape index (κ1) is 11.1. The van der Waals surface area contributed by atoms with Gasteiger partial charge in [-0.1, -0.05) is 64.5 Å². The quantitative estimate of drug-likeness (QED) is 0.609.